The van der Waals surface area contributed by atoms with Crippen molar-refractivity contribution in [2.75, 3.05) is 18.4 Å². The molecule has 6 rings (SSSR count). The van der Waals surface area contributed by atoms with Crippen LogP contribution in [-0.4, -0.2) is 29.9 Å². The Morgan fingerprint density at radius 3 is 2.69 bits per heavy atom. The molecular formula is C28H25N3O3S. The van der Waals surface area contributed by atoms with Crippen molar-refractivity contribution in [1.82, 2.24) is 10.2 Å². The highest BCUT2D eigenvalue weighted by atomic mass is 32.1. The molecule has 2 aliphatic rings. The number of hydrogen-bond donors (Lipinski definition) is 2. The Bertz CT molecular complexity index is 1440. The van der Waals surface area contributed by atoms with Gasteiger partial charge in [-0.15, -0.1) is 11.3 Å². The fraction of sp³-hybridized carbons (Fsp3) is 0.214. The molecule has 4 aromatic rings. The number of rotatable bonds is 4. The van der Waals surface area contributed by atoms with Gasteiger partial charge in [-0.05, 0) is 53.1 Å². The molecule has 0 fully saturated rings. The van der Waals surface area contributed by atoms with Gasteiger partial charge < -0.3 is 15.4 Å². The average molecular weight is 484 g/mol. The molecule has 0 saturated carbocycles. The molecule has 1 amide bonds. The first-order chi connectivity index (χ1) is 17.1. The number of esters is 1. The van der Waals surface area contributed by atoms with E-state index in [2.05, 4.69) is 22.5 Å². The van der Waals surface area contributed by atoms with Crippen LogP contribution >= 0.6 is 11.3 Å². The minimum absolute atomic E-state index is 0.0299. The lowest BCUT2D eigenvalue weighted by molar-refractivity contribution is 0.0736. The minimum atomic E-state index is -0.395. The van der Waals surface area contributed by atoms with E-state index in [4.69, 9.17) is 4.74 Å². The third kappa shape index (κ3) is 3.96. The Balaban J connectivity index is 1.19. The molecule has 1 atom stereocenters. The first kappa shape index (κ1) is 21.8. The van der Waals surface area contributed by atoms with Crippen LogP contribution in [0.1, 0.15) is 49.8 Å². The lowest BCUT2D eigenvalue weighted by Crippen LogP contribution is -2.38. The SMILES string of the molecule is CCN1CCc2c(sc3c2C(=O)N[C@@H](c2ccc(OC(=O)c4cccc5ccccc45)cc2)N3)C1. The summed E-state index contributed by atoms with van der Waals surface area (Å²) in [4.78, 5) is 29.5. The molecule has 3 heterocycles. The maximum atomic E-state index is 13.0. The summed E-state index contributed by atoms with van der Waals surface area (Å²) in [7, 11) is 0. The molecule has 176 valence electrons. The van der Waals surface area contributed by atoms with Gasteiger partial charge in [0.25, 0.3) is 5.91 Å². The number of carbonyl (C=O) groups excluding carboxylic acids is 2. The van der Waals surface area contributed by atoms with Gasteiger partial charge in [0, 0.05) is 18.0 Å². The highest BCUT2D eigenvalue weighted by Crippen LogP contribution is 2.40. The van der Waals surface area contributed by atoms with Crippen LogP contribution in [0.3, 0.4) is 0 Å². The molecule has 0 bridgehead atoms. The summed E-state index contributed by atoms with van der Waals surface area (Å²) in [5, 5.41) is 9.39. The van der Waals surface area contributed by atoms with Crippen LogP contribution in [0, 0.1) is 0 Å². The quantitative estimate of drug-likeness (QED) is 0.302. The fourth-order valence-electron chi connectivity index (χ4n) is 4.90. The van der Waals surface area contributed by atoms with Gasteiger partial charge in [0.05, 0.1) is 11.1 Å². The van der Waals surface area contributed by atoms with Crippen LogP contribution in [0.25, 0.3) is 10.8 Å². The van der Waals surface area contributed by atoms with E-state index in [-0.39, 0.29) is 12.1 Å². The number of carbonyl (C=O) groups is 2. The lowest BCUT2D eigenvalue weighted by atomic mass is 10.0. The van der Waals surface area contributed by atoms with E-state index < -0.39 is 5.97 Å². The van der Waals surface area contributed by atoms with Gasteiger partial charge in [0.15, 0.2) is 0 Å². The van der Waals surface area contributed by atoms with Gasteiger partial charge in [-0.2, -0.15) is 0 Å². The predicted octanol–water partition coefficient (Wildman–Crippen LogP) is 5.35. The third-order valence-corrected chi connectivity index (χ3v) is 7.94. The van der Waals surface area contributed by atoms with Crippen LogP contribution in [0.15, 0.2) is 66.7 Å². The minimum Gasteiger partial charge on any atom is -0.423 e. The maximum Gasteiger partial charge on any atom is 0.344 e. The number of amides is 1. The zero-order valence-electron chi connectivity index (χ0n) is 19.3. The summed E-state index contributed by atoms with van der Waals surface area (Å²) in [6.07, 6.45) is 0.575. The number of likely N-dealkylation sites (N-methyl/N-ethyl adjacent to an activating group) is 1. The van der Waals surface area contributed by atoms with Gasteiger partial charge >= 0.3 is 5.97 Å². The van der Waals surface area contributed by atoms with Crippen LogP contribution in [0.2, 0.25) is 0 Å². The Hall–Kier alpha value is -3.68. The topological polar surface area (TPSA) is 70.7 Å². The number of nitrogens with one attached hydrogen (secondary N) is 2. The Labute approximate surface area is 207 Å². The number of fused-ring (bicyclic) bond motifs is 4. The van der Waals surface area contributed by atoms with Crippen molar-refractivity contribution in [3.8, 4) is 5.75 Å². The van der Waals surface area contributed by atoms with E-state index in [0.717, 1.165) is 53.0 Å². The molecule has 2 aliphatic heterocycles. The monoisotopic (exact) mass is 483 g/mol. The highest BCUT2D eigenvalue weighted by molar-refractivity contribution is 7.16. The molecule has 6 nitrogen and oxygen atoms in total. The van der Waals surface area contributed by atoms with E-state index in [0.29, 0.717) is 11.3 Å². The number of nitrogens with zero attached hydrogens (tertiary/aromatic N) is 1. The number of ether oxygens (including phenoxy) is 1. The van der Waals surface area contributed by atoms with E-state index in [1.54, 1.807) is 29.5 Å². The molecule has 1 aromatic heterocycles. The summed E-state index contributed by atoms with van der Waals surface area (Å²) in [5.74, 6) is 0.0342. The van der Waals surface area contributed by atoms with Gasteiger partial charge in [-0.3, -0.25) is 9.69 Å². The predicted molar refractivity (Wildman–Crippen MR) is 138 cm³/mol. The number of thiophene rings is 1. The lowest BCUT2D eigenvalue weighted by Gasteiger charge is -2.28. The Morgan fingerprint density at radius 2 is 1.86 bits per heavy atom. The van der Waals surface area contributed by atoms with Crippen molar-refractivity contribution in [3.63, 3.8) is 0 Å². The van der Waals surface area contributed by atoms with E-state index >= 15 is 0 Å². The van der Waals surface area contributed by atoms with Crippen molar-refractivity contribution in [3.05, 3.63) is 93.9 Å². The summed E-state index contributed by atoms with van der Waals surface area (Å²) in [6, 6.07) is 20.6. The standard InChI is InChI=1S/C28H25N3O3S/c1-2-31-15-14-22-23(16-31)35-27-24(22)26(32)29-25(30-27)18-10-12-19(13-11-18)34-28(33)21-9-5-7-17-6-3-4-8-20(17)21/h3-13,25,30H,2,14-16H2,1H3,(H,29,32)/t25-/m1/s1. The molecule has 0 unspecified atom stereocenters. The van der Waals surface area contributed by atoms with Gasteiger partial charge in [-0.1, -0.05) is 55.5 Å². The Morgan fingerprint density at radius 1 is 1.06 bits per heavy atom. The van der Waals surface area contributed by atoms with Crippen molar-refractivity contribution >= 4 is 39.0 Å². The fourth-order valence-corrected chi connectivity index (χ4v) is 6.21. The van der Waals surface area contributed by atoms with Crippen molar-refractivity contribution in [2.45, 2.75) is 26.1 Å². The van der Waals surface area contributed by atoms with Crippen molar-refractivity contribution < 1.29 is 14.3 Å². The largest absolute Gasteiger partial charge is 0.423 e. The molecule has 35 heavy (non-hydrogen) atoms. The zero-order chi connectivity index (χ0) is 23.9. The molecule has 0 aliphatic carbocycles. The zero-order valence-corrected chi connectivity index (χ0v) is 20.2. The van der Waals surface area contributed by atoms with Crippen LogP contribution in [0.4, 0.5) is 5.00 Å². The van der Waals surface area contributed by atoms with Crippen LogP contribution < -0.4 is 15.4 Å². The third-order valence-electron chi connectivity index (χ3n) is 6.79. The molecule has 0 saturated heterocycles. The summed E-state index contributed by atoms with van der Waals surface area (Å²) >= 11 is 1.69. The Kier molecular flexibility index (Phi) is 5.51. The first-order valence-electron chi connectivity index (χ1n) is 11.8. The van der Waals surface area contributed by atoms with Crippen molar-refractivity contribution in [2.24, 2.45) is 0 Å². The van der Waals surface area contributed by atoms with Gasteiger partial charge in [0.2, 0.25) is 0 Å². The molecular weight excluding hydrogens is 458 g/mol. The highest BCUT2D eigenvalue weighted by Gasteiger charge is 2.33. The molecule has 2 N–H and O–H groups in total. The average Bonchev–Trinajstić information content (AvgIpc) is 3.26. The van der Waals surface area contributed by atoms with Crippen molar-refractivity contribution in [1.29, 1.82) is 0 Å². The van der Waals surface area contributed by atoms with Gasteiger partial charge in [0.1, 0.15) is 16.9 Å². The summed E-state index contributed by atoms with van der Waals surface area (Å²) < 4.78 is 5.65. The van der Waals surface area contributed by atoms with E-state index in [1.807, 2.05) is 48.5 Å². The number of hydrogen-bond acceptors (Lipinski definition) is 6. The molecule has 0 spiro atoms. The first-order valence-corrected chi connectivity index (χ1v) is 12.7. The second kappa shape index (κ2) is 8.83. The smallest absolute Gasteiger partial charge is 0.344 e. The number of anilines is 1. The molecule has 0 radical (unpaired) electrons. The van der Waals surface area contributed by atoms with E-state index in [9.17, 15) is 9.59 Å². The number of benzene rings is 3. The second-order valence-corrected chi connectivity index (χ2v) is 9.97. The molecule has 3 aromatic carbocycles. The normalized spacial score (nSPS) is 17.3. The molecule has 7 heteroatoms. The van der Waals surface area contributed by atoms with Gasteiger partial charge in [-0.25, -0.2) is 4.79 Å². The van der Waals surface area contributed by atoms with Crippen LogP contribution in [-0.2, 0) is 13.0 Å². The maximum absolute atomic E-state index is 13.0. The van der Waals surface area contributed by atoms with E-state index in [1.165, 1.54) is 10.4 Å². The second-order valence-electron chi connectivity index (χ2n) is 8.86. The van der Waals surface area contributed by atoms with Crippen LogP contribution in [0.5, 0.6) is 5.75 Å². The summed E-state index contributed by atoms with van der Waals surface area (Å²) in [5.41, 5.74) is 3.42. The summed E-state index contributed by atoms with van der Waals surface area (Å²) in [6.45, 7) is 5.08.